The lowest BCUT2D eigenvalue weighted by molar-refractivity contribution is -0.274. The van der Waals surface area contributed by atoms with Gasteiger partial charge in [0.1, 0.15) is 5.75 Å². The summed E-state index contributed by atoms with van der Waals surface area (Å²) in [5.74, 6) is 0.157. The fourth-order valence-corrected chi connectivity index (χ4v) is 1.80. The molecule has 0 heterocycles. The number of benzene rings is 1. The third kappa shape index (κ3) is 7.55. The Balaban J connectivity index is 0.00000400. The van der Waals surface area contributed by atoms with E-state index in [-0.39, 0.29) is 18.2 Å². The van der Waals surface area contributed by atoms with Crippen LogP contribution >= 0.6 is 12.4 Å². The summed E-state index contributed by atoms with van der Waals surface area (Å²) in [7, 11) is 0. The van der Waals surface area contributed by atoms with Crippen LogP contribution in [-0.4, -0.2) is 17.6 Å². The Bertz CT molecular complexity index is 410. The molecule has 0 unspecified atom stereocenters. The molecular weight excluding hydrogens is 307 g/mol. The van der Waals surface area contributed by atoms with Crippen LogP contribution in [-0.2, 0) is 0 Å². The van der Waals surface area contributed by atoms with Crippen molar-refractivity contribution < 1.29 is 23.0 Å². The van der Waals surface area contributed by atoms with Gasteiger partial charge in [0.05, 0.1) is 12.1 Å². The maximum absolute atomic E-state index is 12.0. The standard InChI is InChI=1S/C14H20F3NO2.ClH/c1-9(2)3-8-12(19)13(18)10-4-6-11(7-5-10)20-14(15,16)17;/h4-7,9,12-13,19H,3,8,18H2,1-2H3;1H/t12-,13+;/m0./s1. The van der Waals surface area contributed by atoms with E-state index in [4.69, 9.17) is 5.73 Å². The highest BCUT2D eigenvalue weighted by Gasteiger charge is 2.31. The van der Waals surface area contributed by atoms with Gasteiger partial charge in [0.25, 0.3) is 0 Å². The molecule has 3 N–H and O–H groups in total. The van der Waals surface area contributed by atoms with E-state index in [1.165, 1.54) is 24.3 Å². The Morgan fingerprint density at radius 3 is 2.10 bits per heavy atom. The number of hydrogen-bond acceptors (Lipinski definition) is 3. The first kappa shape index (κ1) is 20.0. The van der Waals surface area contributed by atoms with Crippen LogP contribution in [0.15, 0.2) is 24.3 Å². The summed E-state index contributed by atoms with van der Waals surface area (Å²) in [5.41, 5.74) is 6.47. The van der Waals surface area contributed by atoms with Crippen molar-refractivity contribution in [2.24, 2.45) is 11.7 Å². The summed E-state index contributed by atoms with van der Waals surface area (Å²) in [6, 6.07) is 4.64. The Morgan fingerprint density at radius 2 is 1.67 bits per heavy atom. The molecule has 3 nitrogen and oxygen atoms in total. The zero-order valence-electron chi connectivity index (χ0n) is 11.9. The molecule has 0 saturated heterocycles. The molecule has 0 fully saturated rings. The van der Waals surface area contributed by atoms with Crippen molar-refractivity contribution in [2.75, 3.05) is 0 Å². The lowest BCUT2D eigenvalue weighted by Crippen LogP contribution is -2.26. The van der Waals surface area contributed by atoms with E-state index in [0.717, 1.165) is 6.42 Å². The topological polar surface area (TPSA) is 55.5 Å². The quantitative estimate of drug-likeness (QED) is 0.835. The monoisotopic (exact) mass is 327 g/mol. The van der Waals surface area contributed by atoms with Crippen LogP contribution in [0.5, 0.6) is 5.75 Å². The highest BCUT2D eigenvalue weighted by atomic mass is 35.5. The van der Waals surface area contributed by atoms with Crippen molar-refractivity contribution in [1.82, 2.24) is 0 Å². The Labute approximate surface area is 128 Å². The summed E-state index contributed by atoms with van der Waals surface area (Å²) >= 11 is 0. The fourth-order valence-electron chi connectivity index (χ4n) is 1.80. The number of alkyl halides is 3. The minimum Gasteiger partial charge on any atom is -0.406 e. The van der Waals surface area contributed by atoms with Gasteiger partial charge in [-0.3, -0.25) is 0 Å². The number of ether oxygens (including phenoxy) is 1. The predicted molar refractivity (Wildman–Crippen MR) is 77.4 cm³/mol. The number of nitrogens with two attached hydrogens (primary N) is 1. The molecule has 0 aliphatic carbocycles. The third-order valence-electron chi connectivity index (χ3n) is 2.95. The van der Waals surface area contributed by atoms with Crippen molar-refractivity contribution in [3.8, 4) is 5.75 Å². The first-order chi connectivity index (χ1) is 9.19. The second-order valence-electron chi connectivity index (χ2n) is 5.18. The highest BCUT2D eigenvalue weighted by molar-refractivity contribution is 5.85. The summed E-state index contributed by atoms with van der Waals surface area (Å²) in [5, 5.41) is 9.94. The minimum absolute atomic E-state index is 0. The van der Waals surface area contributed by atoms with E-state index < -0.39 is 18.5 Å². The molecule has 0 bridgehead atoms. The summed E-state index contributed by atoms with van der Waals surface area (Å²) < 4.78 is 39.8. The highest BCUT2D eigenvalue weighted by Crippen LogP contribution is 2.25. The Hall–Kier alpha value is -0.980. The summed E-state index contributed by atoms with van der Waals surface area (Å²) in [4.78, 5) is 0. The second kappa shape index (κ2) is 8.46. The number of rotatable bonds is 6. The lowest BCUT2D eigenvalue weighted by atomic mass is 9.96. The molecule has 0 aromatic heterocycles. The molecule has 1 rings (SSSR count). The number of aliphatic hydroxyl groups excluding tert-OH is 1. The van der Waals surface area contributed by atoms with Gasteiger partial charge in [0.2, 0.25) is 0 Å². The van der Waals surface area contributed by atoms with Gasteiger partial charge in [-0.25, -0.2) is 0 Å². The SMILES string of the molecule is CC(C)CC[C@H](O)[C@H](N)c1ccc(OC(F)(F)F)cc1.Cl. The molecule has 0 saturated carbocycles. The number of halogens is 4. The van der Waals surface area contributed by atoms with Crippen LogP contribution in [0.3, 0.4) is 0 Å². The molecular formula is C14H21ClF3NO2. The van der Waals surface area contributed by atoms with Crippen molar-refractivity contribution in [3.63, 3.8) is 0 Å². The zero-order valence-corrected chi connectivity index (χ0v) is 12.7. The Morgan fingerprint density at radius 1 is 1.14 bits per heavy atom. The van der Waals surface area contributed by atoms with Gasteiger partial charge in [-0.1, -0.05) is 26.0 Å². The molecule has 122 valence electrons. The maximum Gasteiger partial charge on any atom is 0.573 e. The first-order valence-corrected chi connectivity index (χ1v) is 6.48. The zero-order chi connectivity index (χ0) is 15.3. The molecule has 1 aromatic carbocycles. The molecule has 21 heavy (non-hydrogen) atoms. The molecule has 0 radical (unpaired) electrons. The van der Waals surface area contributed by atoms with Gasteiger partial charge in [0.15, 0.2) is 0 Å². The van der Waals surface area contributed by atoms with Crippen LogP contribution in [0, 0.1) is 5.92 Å². The third-order valence-corrected chi connectivity index (χ3v) is 2.95. The molecule has 2 atom stereocenters. The van der Waals surface area contributed by atoms with E-state index in [1.807, 2.05) is 13.8 Å². The number of hydrogen-bond donors (Lipinski definition) is 2. The van der Waals surface area contributed by atoms with Gasteiger partial charge >= 0.3 is 6.36 Å². The second-order valence-corrected chi connectivity index (χ2v) is 5.18. The van der Waals surface area contributed by atoms with Crippen molar-refractivity contribution in [1.29, 1.82) is 0 Å². The molecule has 0 aliphatic rings. The van der Waals surface area contributed by atoms with Gasteiger partial charge in [-0.2, -0.15) is 0 Å². The molecule has 0 amide bonds. The summed E-state index contributed by atoms with van der Waals surface area (Å²) in [6.45, 7) is 4.09. The van der Waals surface area contributed by atoms with Gasteiger partial charge in [-0.15, -0.1) is 25.6 Å². The van der Waals surface area contributed by atoms with Gasteiger partial charge in [0, 0.05) is 0 Å². The van der Waals surface area contributed by atoms with Crippen LogP contribution in [0.25, 0.3) is 0 Å². The van der Waals surface area contributed by atoms with Crippen LogP contribution < -0.4 is 10.5 Å². The molecule has 1 aromatic rings. The maximum atomic E-state index is 12.0. The fraction of sp³-hybridized carbons (Fsp3) is 0.571. The minimum atomic E-state index is -4.71. The smallest absolute Gasteiger partial charge is 0.406 e. The first-order valence-electron chi connectivity index (χ1n) is 6.48. The largest absolute Gasteiger partial charge is 0.573 e. The average Bonchev–Trinajstić information content (AvgIpc) is 2.34. The Kier molecular flexibility index (Phi) is 8.06. The average molecular weight is 328 g/mol. The van der Waals surface area contributed by atoms with Gasteiger partial charge < -0.3 is 15.6 Å². The van der Waals surface area contributed by atoms with E-state index in [2.05, 4.69) is 4.74 Å². The molecule has 7 heteroatoms. The lowest BCUT2D eigenvalue weighted by Gasteiger charge is -2.20. The van der Waals surface area contributed by atoms with Crippen LogP contribution in [0.2, 0.25) is 0 Å². The van der Waals surface area contributed by atoms with E-state index in [1.54, 1.807) is 0 Å². The van der Waals surface area contributed by atoms with Crippen LogP contribution in [0.1, 0.15) is 38.3 Å². The predicted octanol–water partition coefficient (Wildman–Crippen LogP) is 3.80. The van der Waals surface area contributed by atoms with E-state index >= 15 is 0 Å². The molecule has 0 spiro atoms. The summed E-state index contributed by atoms with van der Waals surface area (Å²) in [6.07, 6.45) is -4.03. The van der Waals surface area contributed by atoms with Crippen molar-refractivity contribution in [3.05, 3.63) is 29.8 Å². The van der Waals surface area contributed by atoms with Crippen molar-refractivity contribution in [2.45, 2.75) is 45.2 Å². The van der Waals surface area contributed by atoms with E-state index in [0.29, 0.717) is 17.9 Å². The normalized spacial score (nSPS) is 14.5. The van der Waals surface area contributed by atoms with Crippen LogP contribution in [0.4, 0.5) is 13.2 Å². The number of aliphatic hydroxyl groups is 1. The van der Waals surface area contributed by atoms with E-state index in [9.17, 15) is 18.3 Å². The molecule has 0 aliphatic heterocycles. The van der Waals surface area contributed by atoms with Gasteiger partial charge in [-0.05, 0) is 36.5 Å². The van der Waals surface area contributed by atoms with Crippen molar-refractivity contribution >= 4 is 12.4 Å².